The largest absolute Gasteiger partial charge is 0.352 e. The Morgan fingerprint density at radius 3 is 2.45 bits per heavy atom. The topological polar surface area (TPSA) is 62.3 Å². The summed E-state index contributed by atoms with van der Waals surface area (Å²) >= 11 is 6.00. The van der Waals surface area contributed by atoms with Crippen molar-refractivity contribution in [3.8, 4) is 11.3 Å². The lowest BCUT2D eigenvalue weighted by Gasteiger charge is -2.22. The van der Waals surface area contributed by atoms with Crippen molar-refractivity contribution >= 4 is 34.3 Å². The van der Waals surface area contributed by atoms with Crippen LogP contribution in [0.1, 0.15) is 31.1 Å². The zero-order valence-corrected chi connectivity index (χ0v) is 17.5. The summed E-state index contributed by atoms with van der Waals surface area (Å²) in [6.45, 7) is 6.09. The molecule has 1 aromatic heterocycles. The molecule has 0 aliphatic carbocycles. The summed E-state index contributed by atoms with van der Waals surface area (Å²) in [5, 5.41) is 4.24. The summed E-state index contributed by atoms with van der Waals surface area (Å²) in [6.07, 6.45) is 0. The first-order valence-electron chi connectivity index (χ1n) is 9.63. The van der Waals surface area contributed by atoms with Gasteiger partial charge in [0.05, 0.1) is 23.3 Å². The normalized spacial score (nSPS) is 10.9. The van der Waals surface area contributed by atoms with E-state index >= 15 is 0 Å². The lowest BCUT2D eigenvalue weighted by molar-refractivity contribution is -0.122. The van der Waals surface area contributed by atoms with E-state index in [2.05, 4.69) is 5.32 Å². The first-order chi connectivity index (χ1) is 13.9. The van der Waals surface area contributed by atoms with E-state index in [1.54, 1.807) is 23.1 Å². The highest BCUT2D eigenvalue weighted by Crippen LogP contribution is 2.26. The third-order valence-electron chi connectivity index (χ3n) is 4.54. The molecule has 0 fully saturated rings. The molecule has 29 heavy (non-hydrogen) atoms. The number of fused-ring (bicyclic) bond motifs is 1. The number of likely N-dealkylation sites (N-methyl/N-ethyl adjacent to an activating group) is 1. The molecule has 2 aromatic carbocycles. The van der Waals surface area contributed by atoms with Crippen molar-refractivity contribution in [3.63, 3.8) is 0 Å². The number of halogens is 1. The third kappa shape index (κ3) is 4.93. The fourth-order valence-electron chi connectivity index (χ4n) is 3.16. The number of pyridine rings is 1. The summed E-state index contributed by atoms with van der Waals surface area (Å²) in [5.74, 6) is -0.369. The summed E-state index contributed by atoms with van der Waals surface area (Å²) in [6, 6.07) is 16.7. The van der Waals surface area contributed by atoms with E-state index in [0.29, 0.717) is 22.8 Å². The van der Waals surface area contributed by atoms with Crippen LogP contribution in [0, 0.1) is 0 Å². The molecule has 0 aliphatic rings. The maximum absolute atomic E-state index is 13.3. The monoisotopic (exact) mass is 409 g/mol. The van der Waals surface area contributed by atoms with Crippen LogP contribution in [0.3, 0.4) is 0 Å². The van der Waals surface area contributed by atoms with Gasteiger partial charge in [-0.2, -0.15) is 0 Å². The van der Waals surface area contributed by atoms with Crippen molar-refractivity contribution in [1.29, 1.82) is 0 Å². The number of carbonyl (C=O) groups is 2. The van der Waals surface area contributed by atoms with Gasteiger partial charge in [0.2, 0.25) is 5.91 Å². The van der Waals surface area contributed by atoms with Crippen LogP contribution < -0.4 is 5.32 Å². The number of rotatable bonds is 6. The van der Waals surface area contributed by atoms with Crippen molar-refractivity contribution in [2.75, 3.05) is 13.1 Å². The first kappa shape index (κ1) is 20.8. The van der Waals surface area contributed by atoms with Crippen LogP contribution in [-0.4, -0.2) is 40.8 Å². The van der Waals surface area contributed by atoms with Crippen LogP contribution in [0.5, 0.6) is 0 Å². The molecule has 3 aromatic rings. The van der Waals surface area contributed by atoms with Gasteiger partial charge in [-0.15, -0.1) is 0 Å². The standard InChI is InChI=1S/C23H24ClN3O2/c1-4-27(14-22(28)25-15(2)3)23(29)19-13-21(16-9-11-17(24)12-10-16)26-20-8-6-5-7-18(19)20/h5-13,15H,4,14H2,1-3H3,(H,25,28). The molecule has 0 unspecified atom stereocenters. The number of carbonyl (C=O) groups excluding carboxylic acids is 2. The average Bonchev–Trinajstić information content (AvgIpc) is 2.70. The molecule has 6 heteroatoms. The number of aromatic nitrogens is 1. The Kier molecular flexibility index (Phi) is 6.49. The molecule has 150 valence electrons. The second kappa shape index (κ2) is 9.05. The zero-order chi connectivity index (χ0) is 21.0. The van der Waals surface area contributed by atoms with Gasteiger partial charge in [-0.05, 0) is 45.0 Å². The van der Waals surface area contributed by atoms with Crippen LogP contribution >= 0.6 is 11.6 Å². The number of hydrogen-bond donors (Lipinski definition) is 1. The van der Waals surface area contributed by atoms with Gasteiger partial charge in [-0.25, -0.2) is 4.98 Å². The van der Waals surface area contributed by atoms with E-state index in [0.717, 1.165) is 16.5 Å². The highest BCUT2D eigenvalue weighted by Gasteiger charge is 2.21. The van der Waals surface area contributed by atoms with Crippen LogP contribution in [0.2, 0.25) is 5.02 Å². The summed E-state index contributed by atoms with van der Waals surface area (Å²) in [7, 11) is 0. The molecular formula is C23H24ClN3O2. The maximum atomic E-state index is 13.3. The van der Waals surface area contributed by atoms with Crippen LogP contribution in [0.15, 0.2) is 54.6 Å². The van der Waals surface area contributed by atoms with Crippen molar-refractivity contribution in [3.05, 3.63) is 65.2 Å². The van der Waals surface area contributed by atoms with Gasteiger partial charge >= 0.3 is 0 Å². The predicted octanol–water partition coefficient (Wildman–Crippen LogP) is 4.54. The highest BCUT2D eigenvalue weighted by molar-refractivity contribution is 6.30. The Balaban J connectivity index is 2.03. The Bertz CT molecular complexity index is 1030. The van der Waals surface area contributed by atoms with Gasteiger partial charge in [0.25, 0.3) is 5.91 Å². The van der Waals surface area contributed by atoms with E-state index in [-0.39, 0.29) is 24.4 Å². The van der Waals surface area contributed by atoms with E-state index < -0.39 is 0 Å². The molecule has 0 aliphatic heterocycles. The molecule has 5 nitrogen and oxygen atoms in total. The van der Waals surface area contributed by atoms with Crippen molar-refractivity contribution in [2.45, 2.75) is 26.8 Å². The molecule has 1 N–H and O–H groups in total. The number of amides is 2. The number of hydrogen-bond acceptors (Lipinski definition) is 3. The Morgan fingerprint density at radius 1 is 1.10 bits per heavy atom. The minimum atomic E-state index is -0.194. The lowest BCUT2D eigenvalue weighted by Crippen LogP contribution is -2.42. The molecule has 0 bridgehead atoms. The third-order valence-corrected chi connectivity index (χ3v) is 4.79. The molecule has 0 saturated carbocycles. The molecular weight excluding hydrogens is 386 g/mol. The molecule has 0 spiro atoms. The second-order valence-electron chi connectivity index (χ2n) is 7.12. The van der Waals surface area contributed by atoms with E-state index in [4.69, 9.17) is 16.6 Å². The van der Waals surface area contributed by atoms with Gasteiger partial charge in [-0.1, -0.05) is 41.9 Å². The summed E-state index contributed by atoms with van der Waals surface area (Å²) in [5.41, 5.74) is 2.81. The number of nitrogens with one attached hydrogen (secondary N) is 1. The van der Waals surface area contributed by atoms with Gasteiger partial charge in [0.1, 0.15) is 0 Å². The predicted molar refractivity (Wildman–Crippen MR) is 117 cm³/mol. The fraction of sp³-hybridized carbons (Fsp3) is 0.261. The van der Waals surface area contributed by atoms with Crippen LogP contribution in [0.4, 0.5) is 0 Å². The molecule has 0 atom stereocenters. The number of benzene rings is 2. The van der Waals surface area contributed by atoms with Gasteiger partial charge in [0.15, 0.2) is 0 Å². The fourth-order valence-corrected chi connectivity index (χ4v) is 3.29. The zero-order valence-electron chi connectivity index (χ0n) is 16.8. The first-order valence-corrected chi connectivity index (χ1v) is 10.0. The minimum absolute atomic E-state index is 0.0143. The van der Waals surface area contributed by atoms with Crippen LogP contribution in [0.25, 0.3) is 22.2 Å². The quantitative estimate of drug-likeness (QED) is 0.650. The summed E-state index contributed by atoms with van der Waals surface area (Å²) < 4.78 is 0. The number of nitrogens with zero attached hydrogens (tertiary/aromatic N) is 2. The van der Waals surface area contributed by atoms with Crippen molar-refractivity contribution in [2.24, 2.45) is 0 Å². The summed E-state index contributed by atoms with van der Waals surface area (Å²) in [4.78, 5) is 31.8. The molecule has 0 radical (unpaired) electrons. The Hall–Kier alpha value is -2.92. The van der Waals surface area contributed by atoms with Gasteiger partial charge in [0, 0.05) is 28.6 Å². The van der Waals surface area contributed by atoms with Gasteiger partial charge in [-0.3, -0.25) is 9.59 Å². The van der Waals surface area contributed by atoms with E-state index in [9.17, 15) is 9.59 Å². The van der Waals surface area contributed by atoms with Crippen molar-refractivity contribution in [1.82, 2.24) is 15.2 Å². The smallest absolute Gasteiger partial charge is 0.255 e. The molecule has 0 saturated heterocycles. The molecule has 2 amide bonds. The molecule has 3 rings (SSSR count). The van der Waals surface area contributed by atoms with Crippen molar-refractivity contribution < 1.29 is 9.59 Å². The number of para-hydroxylation sites is 1. The van der Waals surface area contributed by atoms with Gasteiger partial charge < -0.3 is 10.2 Å². The highest BCUT2D eigenvalue weighted by atomic mass is 35.5. The van der Waals surface area contributed by atoms with E-state index in [1.807, 2.05) is 57.2 Å². The minimum Gasteiger partial charge on any atom is -0.352 e. The second-order valence-corrected chi connectivity index (χ2v) is 7.56. The maximum Gasteiger partial charge on any atom is 0.255 e. The van der Waals surface area contributed by atoms with Crippen LogP contribution in [-0.2, 0) is 4.79 Å². The van der Waals surface area contributed by atoms with E-state index in [1.165, 1.54) is 0 Å². The Labute approximate surface area is 175 Å². The average molecular weight is 410 g/mol. The molecule has 1 heterocycles. The lowest BCUT2D eigenvalue weighted by atomic mass is 10.0. The Morgan fingerprint density at radius 2 is 1.79 bits per heavy atom. The SMILES string of the molecule is CCN(CC(=O)NC(C)C)C(=O)c1cc(-c2ccc(Cl)cc2)nc2ccccc12.